The van der Waals surface area contributed by atoms with E-state index in [4.69, 9.17) is 0 Å². The number of hydrogen-bond acceptors (Lipinski definition) is 1. The molecule has 0 amide bonds. The minimum Gasteiger partial charge on any atom is -0.406 e. The third-order valence-corrected chi connectivity index (χ3v) is 6.60. The highest BCUT2D eigenvalue weighted by atomic mass is 19.4. The molecule has 1 nitrogen and oxygen atoms in total. The normalized spacial score (nSPS) is 29.1. The van der Waals surface area contributed by atoms with E-state index in [1.54, 1.807) is 12.1 Å². The molecule has 0 aromatic heterocycles. The molecule has 1 aromatic carbocycles. The summed E-state index contributed by atoms with van der Waals surface area (Å²) in [7, 11) is 0. The molecule has 0 N–H and O–H groups in total. The van der Waals surface area contributed by atoms with Crippen LogP contribution in [0, 0.1) is 17.8 Å². The van der Waals surface area contributed by atoms with E-state index in [1.807, 2.05) is 0 Å². The summed E-state index contributed by atoms with van der Waals surface area (Å²) in [6.45, 7) is 2.28. The predicted molar refractivity (Wildman–Crippen MR) is 107 cm³/mol. The Hall–Kier alpha value is -1.45. The van der Waals surface area contributed by atoms with Crippen LogP contribution in [0.25, 0.3) is 0 Å². The van der Waals surface area contributed by atoms with Crippen molar-refractivity contribution in [2.75, 3.05) is 0 Å². The van der Waals surface area contributed by atoms with Crippen LogP contribution in [0.5, 0.6) is 5.75 Å². The highest BCUT2D eigenvalue weighted by Gasteiger charge is 2.31. The lowest BCUT2D eigenvalue weighted by atomic mass is 9.77. The van der Waals surface area contributed by atoms with Crippen molar-refractivity contribution in [1.29, 1.82) is 0 Å². The molecular formula is C24H33F3O. The Morgan fingerprint density at radius 1 is 0.857 bits per heavy atom. The fourth-order valence-corrected chi connectivity index (χ4v) is 4.98. The van der Waals surface area contributed by atoms with E-state index >= 15 is 0 Å². The van der Waals surface area contributed by atoms with Gasteiger partial charge < -0.3 is 4.74 Å². The zero-order valence-electron chi connectivity index (χ0n) is 16.9. The molecule has 2 aliphatic rings. The predicted octanol–water partition coefficient (Wildman–Crippen LogP) is 8.02. The van der Waals surface area contributed by atoms with Crippen molar-refractivity contribution in [3.8, 4) is 5.75 Å². The van der Waals surface area contributed by atoms with Crippen LogP contribution < -0.4 is 4.74 Å². The number of alkyl halides is 3. The van der Waals surface area contributed by atoms with Gasteiger partial charge in [0.2, 0.25) is 0 Å². The van der Waals surface area contributed by atoms with E-state index in [0.717, 1.165) is 30.2 Å². The smallest absolute Gasteiger partial charge is 0.406 e. The van der Waals surface area contributed by atoms with Crippen LogP contribution in [0.4, 0.5) is 13.2 Å². The van der Waals surface area contributed by atoms with Gasteiger partial charge in [-0.3, -0.25) is 0 Å². The Labute approximate surface area is 167 Å². The molecule has 2 fully saturated rings. The van der Waals surface area contributed by atoms with Gasteiger partial charge >= 0.3 is 6.36 Å². The van der Waals surface area contributed by atoms with Gasteiger partial charge in [-0.05, 0) is 92.7 Å². The Kier molecular flexibility index (Phi) is 7.48. The Bertz CT molecular complexity index is 604. The highest BCUT2D eigenvalue weighted by molar-refractivity contribution is 5.30. The second kappa shape index (κ2) is 9.84. The van der Waals surface area contributed by atoms with E-state index in [1.165, 1.54) is 63.5 Å². The lowest BCUT2D eigenvalue weighted by Crippen LogP contribution is -2.17. The van der Waals surface area contributed by atoms with Crippen LogP contribution in [0.2, 0.25) is 0 Å². The van der Waals surface area contributed by atoms with Gasteiger partial charge in [-0.2, -0.15) is 0 Å². The molecule has 28 heavy (non-hydrogen) atoms. The largest absolute Gasteiger partial charge is 0.573 e. The van der Waals surface area contributed by atoms with Gasteiger partial charge in [0.15, 0.2) is 0 Å². The van der Waals surface area contributed by atoms with Gasteiger partial charge in [-0.15, -0.1) is 13.2 Å². The average Bonchev–Trinajstić information content (AvgIpc) is 2.68. The molecule has 1 aromatic rings. The molecule has 0 heterocycles. The third-order valence-electron chi connectivity index (χ3n) is 6.60. The SMILES string of the molecule is CCCC1CCC(C=CC2CCC(c3ccc(OC(F)(F)F)cc3)CC2)CC1. The zero-order valence-corrected chi connectivity index (χ0v) is 16.9. The van der Waals surface area contributed by atoms with Crippen LogP contribution >= 0.6 is 0 Å². The van der Waals surface area contributed by atoms with Crippen molar-refractivity contribution in [2.45, 2.75) is 83.4 Å². The quantitative estimate of drug-likeness (QED) is 0.444. The summed E-state index contributed by atoms with van der Waals surface area (Å²) in [6, 6.07) is 6.45. The molecule has 0 atom stereocenters. The second-order valence-electron chi connectivity index (χ2n) is 8.68. The maximum Gasteiger partial charge on any atom is 0.573 e. The molecule has 0 saturated heterocycles. The van der Waals surface area contributed by atoms with Gasteiger partial charge in [0.05, 0.1) is 0 Å². The number of hydrogen-bond donors (Lipinski definition) is 0. The van der Waals surface area contributed by atoms with Crippen molar-refractivity contribution in [1.82, 2.24) is 0 Å². The number of benzene rings is 1. The fraction of sp³-hybridized carbons (Fsp3) is 0.667. The number of ether oxygens (including phenoxy) is 1. The zero-order chi connectivity index (χ0) is 20.0. The van der Waals surface area contributed by atoms with E-state index in [-0.39, 0.29) is 5.75 Å². The van der Waals surface area contributed by atoms with Crippen LogP contribution in [-0.4, -0.2) is 6.36 Å². The molecule has 0 spiro atoms. The molecular weight excluding hydrogens is 361 g/mol. The fourth-order valence-electron chi connectivity index (χ4n) is 4.98. The standard InChI is InChI=1S/C24H33F3O/c1-2-3-18-4-6-19(7-5-18)8-9-20-10-12-21(13-11-20)22-14-16-23(17-15-22)28-24(25,26)27/h8-9,14-21H,2-7,10-13H2,1H3. The minimum atomic E-state index is -4.62. The van der Waals surface area contributed by atoms with Gasteiger partial charge in [0.1, 0.15) is 5.75 Å². The first-order valence-electron chi connectivity index (χ1n) is 11.0. The number of allylic oxidation sites excluding steroid dienone is 2. The first-order valence-corrected chi connectivity index (χ1v) is 11.0. The molecule has 0 radical (unpaired) electrons. The van der Waals surface area contributed by atoms with E-state index in [9.17, 15) is 13.2 Å². The van der Waals surface area contributed by atoms with Crippen LogP contribution in [0.3, 0.4) is 0 Å². The summed E-state index contributed by atoms with van der Waals surface area (Å²) in [5.74, 6) is 2.71. The summed E-state index contributed by atoms with van der Waals surface area (Å²) < 4.78 is 40.8. The van der Waals surface area contributed by atoms with Crippen molar-refractivity contribution in [3.63, 3.8) is 0 Å². The summed E-state index contributed by atoms with van der Waals surface area (Å²) in [5, 5.41) is 0. The maximum atomic E-state index is 12.3. The Balaban J connectivity index is 1.42. The van der Waals surface area contributed by atoms with Crippen molar-refractivity contribution >= 4 is 0 Å². The number of halogens is 3. The molecule has 3 rings (SSSR count). The molecule has 2 saturated carbocycles. The Morgan fingerprint density at radius 3 is 1.89 bits per heavy atom. The maximum absolute atomic E-state index is 12.3. The van der Waals surface area contributed by atoms with Crippen molar-refractivity contribution in [3.05, 3.63) is 42.0 Å². The van der Waals surface area contributed by atoms with Crippen LogP contribution in [0.15, 0.2) is 36.4 Å². The minimum absolute atomic E-state index is 0.137. The average molecular weight is 395 g/mol. The summed E-state index contributed by atoms with van der Waals surface area (Å²) in [6.07, 6.45) is 13.1. The van der Waals surface area contributed by atoms with Crippen molar-refractivity contribution in [2.24, 2.45) is 17.8 Å². The molecule has 156 valence electrons. The van der Waals surface area contributed by atoms with E-state index in [2.05, 4.69) is 23.8 Å². The summed E-state index contributed by atoms with van der Waals surface area (Å²) in [5.41, 5.74) is 1.13. The molecule has 2 aliphatic carbocycles. The molecule has 0 aliphatic heterocycles. The van der Waals surface area contributed by atoms with E-state index in [0.29, 0.717) is 11.8 Å². The third kappa shape index (κ3) is 6.56. The van der Waals surface area contributed by atoms with E-state index < -0.39 is 6.36 Å². The number of rotatable bonds is 6. The van der Waals surface area contributed by atoms with Gasteiger partial charge in [0, 0.05) is 0 Å². The van der Waals surface area contributed by atoms with Crippen LogP contribution in [-0.2, 0) is 0 Å². The summed E-state index contributed by atoms with van der Waals surface area (Å²) in [4.78, 5) is 0. The molecule has 0 unspecified atom stereocenters. The van der Waals surface area contributed by atoms with Gasteiger partial charge in [0.25, 0.3) is 0 Å². The van der Waals surface area contributed by atoms with Gasteiger partial charge in [-0.25, -0.2) is 0 Å². The first-order chi connectivity index (χ1) is 13.4. The molecule has 4 heteroatoms. The first kappa shape index (κ1) is 21.3. The topological polar surface area (TPSA) is 9.23 Å². The van der Waals surface area contributed by atoms with Crippen molar-refractivity contribution < 1.29 is 17.9 Å². The molecule has 0 bridgehead atoms. The lowest BCUT2D eigenvalue weighted by Gasteiger charge is -2.29. The summed E-state index contributed by atoms with van der Waals surface area (Å²) >= 11 is 0. The second-order valence-corrected chi connectivity index (χ2v) is 8.68. The highest BCUT2D eigenvalue weighted by Crippen LogP contribution is 2.38. The van der Waals surface area contributed by atoms with Crippen LogP contribution in [0.1, 0.15) is 82.6 Å². The monoisotopic (exact) mass is 394 g/mol. The van der Waals surface area contributed by atoms with Gasteiger partial charge in [-0.1, -0.05) is 44.1 Å². The lowest BCUT2D eigenvalue weighted by molar-refractivity contribution is -0.274. The Morgan fingerprint density at radius 2 is 1.39 bits per heavy atom.